The second kappa shape index (κ2) is 13.6. The average Bonchev–Trinajstić information content (AvgIpc) is 3.33. The van der Waals surface area contributed by atoms with Crippen molar-refractivity contribution < 1.29 is 31.8 Å². The van der Waals surface area contributed by atoms with Crippen molar-refractivity contribution in [2.24, 2.45) is 0 Å². The summed E-state index contributed by atoms with van der Waals surface area (Å²) in [7, 11) is 0. The molecule has 3 aromatic rings. The Morgan fingerprint density at radius 3 is 2.71 bits per heavy atom. The quantitative estimate of drug-likeness (QED) is 0.185. The van der Waals surface area contributed by atoms with Crippen LogP contribution in [-0.2, 0) is 19.7 Å². The summed E-state index contributed by atoms with van der Waals surface area (Å²) in [6.45, 7) is 3.39. The second-order valence-corrected chi connectivity index (χ2v) is 8.32. The van der Waals surface area contributed by atoms with Crippen molar-refractivity contribution in [1.82, 2.24) is 24.9 Å². The standard InChI is InChI=1S/C25H26F5N5O3/c1-16(2-5-23(29)30)12-31-25(37)21-14-35(33-32-21)13-19(27)7-9-34-8-6-17(10-24(34)36)15-38-22-4-3-18(26)11-20(22)28/h2-6,8,10-11,14,19,23,25,31,37H,1,7,9,12-13,15H2/b5-2+. The summed E-state index contributed by atoms with van der Waals surface area (Å²) in [4.78, 5) is 12.3. The van der Waals surface area contributed by atoms with Gasteiger partial charge in [-0.25, -0.2) is 26.6 Å². The van der Waals surface area contributed by atoms with E-state index in [2.05, 4.69) is 22.2 Å². The number of pyridine rings is 1. The first kappa shape index (κ1) is 28.7. The summed E-state index contributed by atoms with van der Waals surface area (Å²) in [5, 5.41) is 20.3. The summed E-state index contributed by atoms with van der Waals surface area (Å²) in [5.41, 5.74) is 0.485. The van der Waals surface area contributed by atoms with Gasteiger partial charge in [-0.05, 0) is 41.8 Å². The number of hydrogen-bond donors (Lipinski definition) is 2. The van der Waals surface area contributed by atoms with Crippen LogP contribution in [0.3, 0.4) is 0 Å². The van der Waals surface area contributed by atoms with Crippen LogP contribution in [0, 0.1) is 11.6 Å². The summed E-state index contributed by atoms with van der Waals surface area (Å²) in [6, 6.07) is 5.76. The van der Waals surface area contributed by atoms with Crippen LogP contribution < -0.4 is 15.6 Å². The normalized spacial score (nSPS) is 13.2. The van der Waals surface area contributed by atoms with Gasteiger partial charge in [0.25, 0.3) is 12.0 Å². The Morgan fingerprint density at radius 1 is 1.21 bits per heavy atom. The highest BCUT2D eigenvalue weighted by atomic mass is 19.3. The van der Waals surface area contributed by atoms with Gasteiger partial charge in [0.2, 0.25) is 0 Å². The van der Waals surface area contributed by atoms with Crippen LogP contribution in [0.4, 0.5) is 22.0 Å². The Morgan fingerprint density at radius 2 is 2.00 bits per heavy atom. The zero-order chi connectivity index (χ0) is 27.7. The molecule has 0 amide bonds. The molecular weight excluding hydrogens is 513 g/mol. The summed E-state index contributed by atoms with van der Waals surface area (Å²) in [5.74, 6) is -1.74. The van der Waals surface area contributed by atoms with Gasteiger partial charge in [-0.1, -0.05) is 17.9 Å². The van der Waals surface area contributed by atoms with E-state index >= 15 is 0 Å². The van der Waals surface area contributed by atoms with Crippen LogP contribution in [0.1, 0.15) is 23.9 Å². The van der Waals surface area contributed by atoms with Gasteiger partial charge in [0.05, 0.1) is 12.7 Å². The first-order valence-corrected chi connectivity index (χ1v) is 11.5. The summed E-state index contributed by atoms with van der Waals surface area (Å²) >= 11 is 0. The molecule has 0 bridgehead atoms. The van der Waals surface area contributed by atoms with Gasteiger partial charge in [0.1, 0.15) is 24.3 Å². The minimum Gasteiger partial charge on any atom is -0.486 e. The number of aliphatic hydroxyl groups is 1. The second-order valence-electron chi connectivity index (χ2n) is 8.32. The minimum absolute atomic E-state index is 0.0111. The Labute approximate surface area is 214 Å². The van der Waals surface area contributed by atoms with Crippen molar-refractivity contribution in [3.8, 4) is 5.75 Å². The smallest absolute Gasteiger partial charge is 0.257 e. The predicted octanol–water partition coefficient (Wildman–Crippen LogP) is 3.68. The van der Waals surface area contributed by atoms with E-state index in [0.29, 0.717) is 23.3 Å². The van der Waals surface area contributed by atoms with Crippen LogP contribution in [0.2, 0.25) is 0 Å². The maximum Gasteiger partial charge on any atom is 0.257 e. The highest BCUT2D eigenvalue weighted by Gasteiger charge is 2.15. The molecule has 0 saturated carbocycles. The van der Waals surface area contributed by atoms with Crippen molar-refractivity contribution in [3.05, 3.63) is 100 Å². The largest absolute Gasteiger partial charge is 0.486 e. The molecule has 0 aliphatic rings. The highest BCUT2D eigenvalue weighted by Crippen LogP contribution is 2.19. The molecule has 8 nitrogen and oxygen atoms in total. The maximum atomic E-state index is 14.5. The number of allylic oxidation sites excluding steroid dienone is 1. The van der Waals surface area contributed by atoms with Gasteiger partial charge in [-0.2, -0.15) is 0 Å². The third-order valence-electron chi connectivity index (χ3n) is 5.25. The lowest BCUT2D eigenvalue weighted by Crippen LogP contribution is -2.23. The monoisotopic (exact) mass is 539 g/mol. The molecule has 0 fully saturated rings. The van der Waals surface area contributed by atoms with Gasteiger partial charge in [0.15, 0.2) is 17.8 Å². The van der Waals surface area contributed by atoms with Crippen molar-refractivity contribution in [1.29, 1.82) is 0 Å². The Bertz CT molecular complexity index is 1310. The molecule has 3 rings (SSSR count). The zero-order valence-electron chi connectivity index (χ0n) is 20.1. The Kier molecular flexibility index (Phi) is 10.3. The van der Waals surface area contributed by atoms with Gasteiger partial charge >= 0.3 is 0 Å². The van der Waals surface area contributed by atoms with Crippen LogP contribution in [0.25, 0.3) is 0 Å². The number of aryl methyl sites for hydroxylation is 1. The molecule has 204 valence electrons. The lowest BCUT2D eigenvalue weighted by atomic mass is 10.2. The van der Waals surface area contributed by atoms with Crippen LogP contribution in [0.5, 0.6) is 5.75 Å². The number of halogens is 5. The number of benzene rings is 1. The van der Waals surface area contributed by atoms with Gasteiger partial charge < -0.3 is 14.4 Å². The van der Waals surface area contributed by atoms with Crippen molar-refractivity contribution in [2.75, 3.05) is 6.54 Å². The molecule has 0 spiro atoms. The van der Waals surface area contributed by atoms with Crippen LogP contribution in [-0.4, -0.2) is 43.8 Å². The van der Waals surface area contributed by atoms with E-state index in [0.717, 1.165) is 18.2 Å². The summed E-state index contributed by atoms with van der Waals surface area (Å²) in [6.07, 6.45) is -0.654. The number of nitrogens with one attached hydrogen (secondary N) is 1. The van der Waals surface area contributed by atoms with E-state index in [1.165, 1.54) is 27.7 Å². The fourth-order valence-electron chi connectivity index (χ4n) is 3.28. The number of aromatic nitrogens is 4. The highest BCUT2D eigenvalue weighted by molar-refractivity contribution is 5.25. The number of aliphatic hydroxyl groups excluding tert-OH is 1. The van der Waals surface area contributed by atoms with E-state index in [4.69, 9.17) is 4.74 Å². The van der Waals surface area contributed by atoms with E-state index in [-0.39, 0.29) is 44.1 Å². The molecule has 2 atom stereocenters. The van der Waals surface area contributed by atoms with E-state index in [1.54, 1.807) is 6.07 Å². The SMILES string of the molecule is C=C(/C=C/C(F)F)CNC(O)c1cn(CC(F)CCn2ccc(COc3ccc(F)cc3F)cc2=O)nn1. The predicted molar refractivity (Wildman–Crippen MR) is 128 cm³/mol. The average molecular weight is 540 g/mol. The molecule has 38 heavy (non-hydrogen) atoms. The van der Waals surface area contributed by atoms with Crippen molar-refractivity contribution in [2.45, 2.75) is 44.9 Å². The molecule has 2 heterocycles. The van der Waals surface area contributed by atoms with E-state index in [1.807, 2.05) is 0 Å². The molecule has 2 aromatic heterocycles. The van der Waals surface area contributed by atoms with Crippen LogP contribution in [0.15, 0.2) is 71.8 Å². The zero-order valence-corrected chi connectivity index (χ0v) is 20.1. The van der Waals surface area contributed by atoms with Gasteiger partial charge in [0, 0.05) is 31.4 Å². The lowest BCUT2D eigenvalue weighted by Gasteiger charge is -2.11. The first-order valence-electron chi connectivity index (χ1n) is 11.5. The third kappa shape index (κ3) is 8.92. The van der Waals surface area contributed by atoms with E-state index in [9.17, 15) is 31.9 Å². The summed E-state index contributed by atoms with van der Waals surface area (Å²) < 4.78 is 73.3. The van der Waals surface area contributed by atoms with Crippen LogP contribution >= 0.6 is 0 Å². The molecule has 2 unspecified atom stereocenters. The number of ether oxygens (including phenoxy) is 1. The van der Waals surface area contributed by atoms with Crippen molar-refractivity contribution in [3.63, 3.8) is 0 Å². The number of nitrogens with zero attached hydrogens (tertiary/aromatic N) is 4. The molecule has 0 aliphatic carbocycles. The molecule has 0 radical (unpaired) electrons. The maximum absolute atomic E-state index is 14.5. The molecule has 1 aromatic carbocycles. The Hall–Kier alpha value is -3.84. The lowest BCUT2D eigenvalue weighted by molar-refractivity contribution is 0.138. The topological polar surface area (TPSA) is 94.2 Å². The minimum atomic E-state index is -2.61. The molecule has 0 saturated heterocycles. The first-order chi connectivity index (χ1) is 18.1. The molecule has 0 aliphatic heterocycles. The fourth-order valence-corrected chi connectivity index (χ4v) is 3.28. The third-order valence-corrected chi connectivity index (χ3v) is 5.25. The number of alkyl halides is 3. The molecule has 13 heteroatoms. The van der Waals surface area contributed by atoms with E-state index < -0.39 is 36.0 Å². The number of rotatable bonds is 14. The number of hydrogen-bond acceptors (Lipinski definition) is 6. The van der Waals surface area contributed by atoms with Gasteiger partial charge in [-0.15, -0.1) is 5.10 Å². The van der Waals surface area contributed by atoms with Crippen molar-refractivity contribution >= 4 is 0 Å². The Balaban J connectivity index is 1.45. The molecule has 2 N–H and O–H groups in total. The van der Waals surface area contributed by atoms with Gasteiger partial charge in [-0.3, -0.25) is 10.1 Å². The molecular formula is C25H26F5N5O3. The fraction of sp³-hybridized carbons (Fsp3) is 0.320.